The zero-order valence-corrected chi connectivity index (χ0v) is 11.1. The van der Waals surface area contributed by atoms with Crippen molar-refractivity contribution >= 4 is 0 Å². The van der Waals surface area contributed by atoms with Gasteiger partial charge in [-0.15, -0.1) is 0 Å². The average molecular weight is 245 g/mol. The van der Waals surface area contributed by atoms with E-state index in [9.17, 15) is 5.11 Å². The van der Waals surface area contributed by atoms with Crippen LogP contribution in [0.5, 0.6) is 0 Å². The van der Waals surface area contributed by atoms with Crippen LogP contribution >= 0.6 is 0 Å². The maximum atomic E-state index is 10.2. The Balaban J connectivity index is 2.03. The maximum absolute atomic E-state index is 10.2. The average Bonchev–Trinajstić information content (AvgIpc) is 2.72. The summed E-state index contributed by atoms with van der Waals surface area (Å²) in [5, 5.41) is 14.3. The smallest absolute Gasteiger partial charge is 0.0966 e. The van der Waals surface area contributed by atoms with Crippen LogP contribution in [0.2, 0.25) is 0 Å². The highest BCUT2D eigenvalue weighted by molar-refractivity contribution is 5.24. The van der Waals surface area contributed by atoms with Crippen molar-refractivity contribution in [1.29, 1.82) is 0 Å². The molecule has 2 rings (SSSR count). The number of aromatic nitrogens is 3. The lowest BCUT2D eigenvalue weighted by molar-refractivity contribution is 0.161. The van der Waals surface area contributed by atoms with Crippen molar-refractivity contribution in [3.63, 3.8) is 0 Å². The zero-order valence-electron chi connectivity index (χ0n) is 11.1. The first-order valence-electron chi connectivity index (χ1n) is 6.16. The molecule has 0 radical (unpaired) electrons. The first-order chi connectivity index (χ1) is 8.58. The van der Waals surface area contributed by atoms with Crippen LogP contribution in [0.25, 0.3) is 0 Å². The van der Waals surface area contributed by atoms with Gasteiger partial charge in [-0.25, -0.2) is 0 Å². The Morgan fingerprint density at radius 1 is 1.39 bits per heavy atom. The Morgan fingerprint density at radius 2 is 2.17 bits per heavy atom. The van der Waals surface area contributed by atoms with Gasteiger partial charge in [0.2, 0.25) is 0 Å². The van der Waals surface area contributed by atoms with E-state index in [0.29, 0.717) is 6.42 Å². The number of nitrogens with zero attached hydrogens (tertiary/aromatic N) is 3. The zero-order chi connectivity index (χ0) is 13.1. The lowest BCUT2D eigenvalue weighted by atomic mass is 10.0. The van der Waals surface area contributed by atoms with Crippen LogP contribution in [-0.4, -0.2) is 19.9 Å². The van der Waals surface area contributed by atoms with Gasteiger partial charge in [-0.3, -0.25) is 9.67 Å². The Kier molecular flexibility index (Phi) is 3.77. The van der Waals surface area contributed by atoms with Crippen molar-refractivity contribution < 1.29 is 5.11 Å². The molecule has 2 aromatic heterocycles. The minimum Gasteiger partial charge on any atom is -0.387 e. The number of hydrogen-bond donors (Lipinski definition) is 1. The second-order valence-electron chi connectivity index (χ2n) is 4.72. The first kappa shape index (κ1) is 12.8. The molecule has 0 saturated carbocycles. The number of hydrogen-bond acceptors (Lipinski definition) is 3. The van der Waals surface area contributed by atoms with Gasteiger partial charge in [-0.05, 0) is 43.9 Å². The van der Waals surface area contributed by atoms with E-state index in [4.69, 9.17) is 0 Å². The molecule has 0 fully saturated rings. The molecule has 0 saturated heterocycles. The molecule has 4 heteroatoms. The van der Waals surface area contributed by atoms with Crippen LogP contribution < -0.4 is 0 Å². The van der Waals surface area contributed by atoms with Gasteiger partial charge in [-0.1, -0.05) is 6.07 Å². The van der Waals surface area contributed by atoms with E-state index >= 15 is 0 Å². The van der Waals surface area contributed by atoms with Gasteiger partial charge in [-0.2, -0.15) is 5.10 Å². The minimum absolute atomic E-state index is 0.513. The Labute approximate surface area is 107 Å². The quantitative estimate of drug-likeness (QED) is 0.897. The molecule has 1 N–H and O–H groups in total. The van der Waals surface area contributed by atoms with Crippen LogP contribution in [0.4, 0.5) is 0 Å². The summed E-state index contributed by atoms with van der Waals surface area (Å²) in [7, 11) is 1.91. The molecule has 96 valence electrons. The topological polar surface area (TPSA) is 50.9 Å². The third kappa shape index (κ3) is 2.76. The Bertz CT molecular complexity index is 534. The fourth-order valence-electron chi connectivity index (χ4n) is 2.14. The van der Waals surface area contributed by atoms with E-state index in [1.807, 2.05) is 31.6 Å². The molecule has 0 spiro atoms. The highest BCUT2D eigenvalue weighted by Crippen LogP contribution is 2.20. The molecule has 0 aromatic carbocycles. The van der Waals surface area contributed by atoms with E-state index in [-0.39, 0.29) is 0 Å². The van der Waals surface area contributed by atoms with Crippen LogP contribution in [0, 0.1) is 13.8 Å². The van der Waals surface area contributed by atoms with E-state index in [0.717, 1.165) is 28.9 Å². The van der Waals surface area contributed by atoms with Gasteiger partial charge < -0.3 is 5.11 Å². The monoisotopic (exact) mass is 245 g/mol. The molecule has 0 aliphatic rings. The number of aliphatic hydroxyl groups excluding tert-OH is 1. The van der Waals surface area contributed by atoms with Gasteiger partial charge in [0, 0.05) is 25.1 Å². The largest absolute Gasteiger partial charge is 0.387 e. The fraction of sp³-hybridized carbons (Fsp3) is 0.429. The van der Waals surface area contributed by atoms with Crippen LogP contribution in [0.1, 0.15) is 35.0 Å². The van der Waals surface area contributed by atoms with Gasteiger partial charge >= 0.3 is 0 Å². The summed E-state index contributed by atoms with van der Waals surface area (Å²) >= 11 is 0. The summed E-state index contributed by atoms with van der Waals surface area (Å²) in [6.07, 6.45) is 4.52. The Hall–Kier alpha value is -1.68. The van der Waals surface area contributed by atoms with E-state index < -0.39 is 6.10 Å². The molecule has 0 amide bonds. The van der Waals surface area contributed by atoms with E-state index in [2.05, 4.69) is 16.1 Å². The molecule has 1 atom stereocenters. The van der Waals surface area contributed by atoms with Crippen molar-refractivity contribution in [2.24, 2.45) is 7.05 Å². The number of pyridine rings is 1. The molecule has 0 aliphatic carbocycles. The van der Waals surface area contributed by atoms with Crippen LogP contribution in [0.3, 0.4) is 0 Å². The summed E-state index contributed by atoms with van der Waals surface area (Å²) < 4.78 is 1.84. The normalized spacial score (nSPS) is 12.7. The fourth-order valence-corrected chi connectivity index (χ4v) is 2.14. The highest BCUT2D eigenvalue weighted by atomic mass is 16.3. The summed E-state index contributed by atoms with van der Waals surface area (Å²) in [6, 6.07) is 4.03. The number of aryl methyl sites for hydroxylation is 4. The second kappa shape index (κ2) is 5.31. The lowest BCUT2D eigenvalue weighted by Gasteiger charge is -2.13. The standard InChI is InChI=1S/C14H19N3O/c1-10-8-11(2)14(15-9-10)13(18)5-4-12-6-7-16-17(12)3/h6-9,13,18H,4-5H2,1-3H3. The molecule has 4 nitrogen and oxygen atoms in total. The molecule has 18 heavy (non-hydrogen) atoms. The summed E-state index contributed by atoms with van der Waals surface area (Å²) in [5.74, 6) is 0. The van der Waals surface area contributed by atoms with Crippen molar-refractivity contribution in [2.45, 2.75) is 32.8 Å². The maximum Gasteiger partial charge on any atom is 0.0966 e. The van der Waals surface area contributed by atoms with Crippen LogP contribution in [0.15, 0.2) is 24.5 Å². The molecular weight excluding hydrogens is 226 g/mol. The predicted molar refractivity (Wildman–Crippen MR) is 70.2 cm³/mol. The number of aliphatic hydroxyl groups is 1. The third-order valence-corrected chi connectivity index (χ3v) is 3.17. The molecular formula is C14H19N3O. The van der Waals surface area contributed by atoms with Gasteiger partial charge in [0.25, 0.3) is 0 Å². The van der Waals surface area contributed by atoms with Gasteiger partial charge in [0.15, 0.2) is 0 Å². The molecule has 0 aliphatic heterocycles. The molecule has 2 heterocycles. The predicted octanol–water partition coefficient (Wildman–Crippen LogP) is 2.10. The number of rotatable bonds is 4. The van der Waals surface area contributed by atoms with Crippen molar-refractivity contribution in [3.8, 4) is 0 Å². The third-order valence-electron chi connectivity index (χ3n) is 3.17. The van der Waals surface area contributed by atoms with E-state index in [1.54, 1.807) is 12.4 Å². The molecule has 2 aromatic rings. The van der Waals surface area contributed by atoms with Crippen LogP contribution in [-0.2, 0) is 13.5 Å². The SMILES string of the molecule is Cc1cnc(C(O)CCc2ccnn2C)c(C)c1. The summed E-state index contributed by atoms with van der Waals surface area (Å²) in [4.78, 5) is 4.33. The molecule has 1 unspecified atom stereocenters. The van der Waals surface area contributed by atoms with Crippen molar-refractivity contribution in [3.05, 3.63) is 47.0 Å². The summed E-state index contributed by atoms with van der Waals surface area (Å²) in [6.45, 7) is 3.99. The minimum atomic E-state index is -0.513. The molecule has 0 bridgehead atoms. The lowest BCUT2D eigenvalue weighted by Crippen LogP contribution is -2.07. The first-order valence-corrected chi connectivity index (χ1v) is 6.16. The van der Waals surface area contributed by atoms with Crippen molar-refractivity contribution in [1.82, 2.24) is 14.8 Å². The Morgan fingerprint density at radius 3 is 2.78 bits per heavy atom. The summed E-state index contributed by atoms with van der Waals surface area (Å²) in [5.41, 5.74) is 4.07. The van der Waals surface area contributed by atoms with Crippen molar-refractivity contribution in [2.75, 3.05) is 0 Å². The van der Waals surface area contributed by atoms with Gasteiger partial charge in [0.1, 0.15) is 0 Å². The second-order valence-corrected chi connectivity index (χ2v) is 4.72. The van der Waals surface area contributed by atoms with E-state index in [1.165, 1.54) is 0 Å². The van der Waals surface area contributed by atoms with Gasteiger partial charge in [0.05, 0.1) is 11.8 Å². The highest BCUT2D eigenvalue weighted by Gasteiger charge is 2.13.